The smallest absolute Gasteiger partial charge is 0.226 e. The lowest BCUT2D eigenvalue weighted by Gasteiger charge is -2.34. The van der Waals surface area contributed by atoms with Gasteiger partial charge in [0.1, 0.15) is 12.4 Å². The molecule has 7 heteroatoms. The van der Waals surface area contributed by atoms with Crippen molar-refractivity contribution in [2.75, 3.05) is 5.32 Å². The number of anilines is 1. The number of ketones is 1. The summed E-state index contributed by atoms with van der Waals surface area (Å²) in [5.41, 5.74) is 2.70. The predicted molar refractivity (Wildman–Crippen MR) is 94.3 cm³/mol. The van der Waals surface area contributed by atoms with Crippen LogP contribution in [0, 0.1) is 0 Å². The molecule has 1 aliphatic heterocycles. The maximum Gasteiger partial charge on any atom is 0.226 e. The number of allylic oxidation sites excluding steroid dienone is 2. The highest BCUT2D eigenvalue weighted by atomic mass is 32.1. The van der Waals surface area contributed by atoms with E-state index < -0.39 is 0 Å². The van der Waals surface area contributed by atoms with Crippen LogP contribution in [0.5, 0.6) is 0 Å². The third-order valence-corrected chi connectivity index (χ3v) is 5.84. The van der Waals surface area contributed by atoms with Crippen LogP contribution < -0.4 is 5.32 Å². The standard InChI is InChI=1S/C18H15N5OS/c24-14-8-12(15-4-2-6-25-15)7-13-16(14)17(11-3-1-5-19-9-11)23-18(22-13)20-10-21-23/h1-6,9-10,12,17H,7-8H2,(H,20,21,22)/t12-,17+/m1/s1. The molecule has 0 unspecified atom stereocenters. The number of Topliss-reactive ketones (excluding diaryl/α,β-unsaturated/α-hetero) is 1. The number of thiophene rings is 1. The van der Waals surface area contributed by atoms with E-state index in [9.17, 15) is 4.79 Å². The first-order valence-corrected chi connectivity index (χ1v) is 9.05. The summed E-state index contributed by atoms with van der Waals surface area (Å²) in [6.07, 6.45) is 6.39. The molecule has 3 aromatic heterocycles. The number of hydrogen-bond donors (Lipinski definition) is 1. The fourth-order valence-electron chi connectivity index (χ4n) is 3.72. The second kappa shape index (κ2) is 5.63. The number of nitrogens with one attached hydrogen (secondary N) is 1. The topological polar surface area (TPSA) is 72.7 Å². The van der Waals surface area contributed by atoms with Crippen molar-refractivity contribution in [3.8, 4) is 0 Å². The molecule has 0 amide bonds. The summed E-state index contributed by atoms with van der Waals surface area (Å²) >= 11 is 1.71. The van der Waals surface area contributed by atoms with Gasteiger partial charge in [0.05, 0.1) is 0 Å². The largest absolute Gasteiger partial charge is 0.328 e. The summed E-state index contributed by atoms with van der Waals surface area (Å²) in [5, 5.41) is 9.74. The second-order valence-electron chi connectivity index (χ2n) is 6.28. The molecule has 0 bridgehead atoms. The van der Waals surface area contributed by atoms with Gasteiger partial charge in [-0.05, 0) is 29.5 Å². The molecule has 2 aliphatic rings. The Bertz CT molecular complexity index is 961. The van der Waals surface area contributed by atoms with Gasteiger partial charge in [0.2, 0.25) is 5.95 Å². The van der Waals surface area contributed by atoms with Crippen molar-refractivity contribution in [3.63, 3.8) is 0 Å². The molecule has 0 fully saturated rings. The van der Waals surface area contributed by atoms with Crippen molar-refractivity contribution >= 4 is 23.1 Å². The molecule has 0 radical (unpaired) electrons. The lowest BCUT2D eigenvalue weighted by atomic mass is 9.80. The van der Waals surface area contributed by atoms with E-state index in [1.165, 1.54) is 11.2 Å². The van der Waals surface area contributed by atoms with E-state index in [0.717, 1.165) is 23.3 Å². The normalized spacial score (nSPS) is 22.3. The number of carbonyl (C=O) groups is 1. The third kappa shape index (κ3) is 2.31. The number of fused-ring (bicyclic) bond motifs is 1. The molecular formula is C18H15N5OS. The molecule has 6 nitrogen and oxygen atoms in total. The molecule has 3 aromatic rings. The highest BCUT2D eigenvalue weighted by Gasteiger charge is 2.39. The minimum absolute atomic E-state index is 0.169. The highest BCUT2D eigenvalue weighted by molar-refractivity contribution is 7.10. The summed E-state index contributed by atoms with van der Waals surface area (Å²) in [5.74, 6) is 1.07. The molecule has 2 atom stereocenters. The fraction of sp³-hybridized carbons (Fsp3) is 0.222. The molecule has 0 saturated carbocycles. The van der Waals surface area contributed by atoms with Gasteiger partial charge in [0, 0.05) is 40.9 Å². The van der Waals surface area contributed by atoms with E-state index in [1.54, 1.807) is 28.4 Å². The highest BCUT2D eigenvalue weighted by Crippen LogP contribution is 2.44. The number of aromatic nitrogens is 4. The Morgan fingerprint density at radius 1 is 1.24 bits per heavy atom. The number of carbonyl (C=O) groups excluding carboxylic acids is 1. The van der Waals surface area contributed by atoms with E-state index in [2.05, 4.69) is 31.8 Å². The van der Waals surface area contributed by atoms with E-state index >= 15 is 0 Å². The Kier molecular flexibility index (Phi) is 3.27. The first-order chi connectivity index (χ1) is 12.3. The SMILES string of the molecule is O=C1C[C@H](c2cccs2)CC2=C1[C@H](c1cccnc1)n1ncnc1N2. The quantitative estimate of drug-likeness (QED) is 0.769. The van der Waals surface area contributed by atoms with Gasteiger partial charge in [-0.25, -0.2) is 4.68 Å². The molecule has 0 aromatic carbocycles. The lowest BCUT2D eigenvalue weighted by Crippen LogP contribution is -2.33. The predicted octanol–water partition coefficient (Wildman–Crippen LogP) is 3.15. The van der Waals surface area contributed by atoms with Gasteiger partial charge in [0.25, 0.3) is 0 Å². The van der Waals surface area contributed by atoms with Crippen molar-refractivity contribution < 1.29 is 4.79 Å². The van der Waals surface area contributed by atoms with E-state index in [4.69, 9.17) is 0 Å². The molecule has 25 heavy (non-hydrogen) atoms. The zero-order valence-corrected chi connectivity index (χ0v) is 14.1. The van der Waals surface area contributed by atoms with Crippen LogP contribution in [0.25, 0.3) is 0 Å². The summed E-state index contributed by atoms with van der Waals surface area (Å²) in [7, 11) is 0. The summed E-state index contributed by atoms with van der Waals surface area (Å²) in [6, 6.07) is 7.75. The Morgan fingerprint density at radius 3 is 3.00 bits per heavy atom. The fourth-order valence-corrected chi connectivity index (χ4v) is 4.55. The van der Waals surface area contributed by atoms with Crippen LogP contribution in [0.2, 0.25) is 0 Å². The minimum atomic E-state index is -0.265. The summed E-state index contributed by atoms with van der Waals surface area (Å²) in [6.45, 7) is 0. The molecule has 5 rings (SSSR count). The van der Waals surface area contributed by atoms with Gasteiger partial charge in [-0.3, -0.25) is 9.78 Å². The van der Waals surface area contributed by atoms with Crippen LogP contribution >= 0.6 is 11.3 Å². The molecule has 4 heterocycles. The van der Waals surface area contributed by atoms with Crippen LogP contribution in [-0.2, 0) is 4.79 Å². The van der Waals surface area contributed by atoms with E-state index in [0.29, 0.717) is 12.4 Å². The van der Waals surface area contributed by atoms with Crippen molar-refractivity contribution in [2.45, 2.75) is 24.8 Å². The minimum Gasteiger partial charge on any atom is -0.328 e. The van der Waals surface area contributed by atoms with Crippen LogP contribution in [0.15, 0.2) is 59.6 Å². The number of rotatable bonds is 2. The van der Waals surface area contributed by atoms with Gasteiger partial charge in [-0.2, -0.15) is 10.1 Å². The van der Waals surface area contributed by atoms with Gasteiger partial charge < -0.3 is 5.32 Å². The Balaban J connectivity index is 1.63. The second-order valence-corrected chi connectivity index (χ2v) is 7.26. The zero-order chi connectivity index (χ0) is 16.8. The molecule has 0 spiro atoms. The van der Waals surface area contributed by atoms with Crippen molar-refractivity contribution in [2.24, 2.45) is 0 Å². The summed E-state index contributed by atoms with van der Waals surface area (Å²) in [4.78, 5) is 22.9. The monoisotopic (exact) mass is 349 g/mol. The van der Waals surface area contributed by atoms with Crippen molar-refractivity contribution in [1.29, 1.82) is 0 Å². The van der Waals surface area contributed by atoms with E-state index in [-0.39, 0.29) is 17.7 Å². The van der Waals surface area contributed by atoms with Gasteiger partial charge in [-0.1, -0.05) is 12.1 Å². The number of nitrogens with zero attached hydrogens (tertiary/aromatic N) is 4. The lowest BCUT2D eigenvalue weighted by molar-refractivity contribution is -0.116. The average molecular weight is 349 g/mol. The van der Waals surface area contributed by atoms with Gasteiger partial charge in [-0.15, -0.1) is 11.3 Å². The summed E-state index contributed by atoms with van der Waals surface area (Å²) < 4.78 is 1.78. The third-order valence-electron chi connectivity index (χ3n) is 4.81. The Hall–Kier alpha value is -2.80. The first-order valence-electron chi connectivity index (χ1n) is 8.17. The van der Waals surface area contributed by atoms with Crippen LogP contribution in [0.4, 0.5) is 5.95 Å². The van der Waals surface area contributed by atoms with Gasteiger partial charge >= 0.3 is 0 Å². The Labute approximate surface area is 148 Å². The van der Waals surface area contributed by atoms with Crippen LogP contribution in [0.3, 0.4) is 0 Å². The average Bonchev–Trinajstić information content (AvgIpc) is 3.32. The van der Waals surface area contributed by atoms with Gasteiger partial charge in [0.15, 0.2) is 5.78 Å². The maximum atomic E-state index is 13.1. The van der Waals surface area contributed by atoms with E-state index in [1.807, 2.05) is 18.2 Å². The molecular weight excluding hydrogens is 334 g/mol. The van der Waals surface area contributed by atoms with Crippen LogP contribution in [0.1, 0.15) is 35.2 Å². The van der Waals surface area contributed by atoms with Crippen molar-refractivity contribution in [1.82, 2.24) is 19.7 Å². The molecule has 124 valence electrons. The first kappa shape index (κ1) is 14.5. The maximum absolute atomic E-state index is 13.1. The number of hydrogen-bond acceptors (Lipinski definition) is 6. The molecule has 1 N–H and O–H groups in total. The Morgan fingerprint density at radius 2 is 2.20 bits per heavy atom. The molecule has 1 aliphatic carbocycles. The number of pyridine rings is 1. The van der Waals surface area contributed by atoms with Crippen molar-refractivity contribution in [3.05, 3.63) is 70.1 Å². The zero-order valence-electron chi connectivity index (χ0n) is 13.3. The van der Waals surface area contributed by atoms with Crippen LogP contribution in [-0.4, -0.2) is 25.5 Å². The molecule has 0 saturated heterocycles.